The predicted octanol–water partition coefficient (Wildman–Crippen LogP) is 3.43. The largest absolute Gasteiger partial charge is 0.425 e. The summed E-state index contributed by atoms with van der Waals surface area (Å²) in [6.07, 6.45) is 3.63. The van der Waals surface area contributed by atoms with Crippen molar-refractivity contribution in [1.82, 2.24) is 9.55 Å². The first-order valence-electron chi connectivity index (χ1n) is 6.26. The highest BCUT2D eigenvalue weighted by Gasteiger charge is 2.08. The van der Waals surface area contributed by atoms with Crippen LogP contribution in [0.5, 0.6) is 11.8 Å². The van der Waals surface area contributed by atoms with Crippen LogP contribution in [0.15, 0.2) is 48.8 Å². The standard InChI is InChI=1S/C15H15N3O/c1-2-18-10-9-17-15(18)19-14-8-7-13(16)11-5-3-4-6-12(11)14/h3-10H,2,16H2,1H3. The number of anilines is 1. The van der Waals surface area contributed by atoms with Crippen molar-refractivity contribution in [2.45, 2.75) is 13.5 Å². The second kappa shape index (κ2) is 4.65. The first-order chi connectivity index (χ1) is 9.29. The van der Waals surface area contributed by atoms with Gasteiger partial charge in [0.05, 0.1) is 0 Å². The smallest absolute Gasteiger partial charge is 0.301 e. The molecule has 2 aromatic carbocycles. The van der Waals surface area contributed by atoms with Crippen LogP contribution in [0.25, 0.3) is 10.8 Å². The third-order valence-electron chi connectivity index (χ3n) is 3.14. The number of ether oxygens (including phenoxy) is 1. The molecule has 96 valence electrons. The van der Waals surface area contributed by atoms with Crippen molar-refractivity contribution >= 4 is 16.5 Å². The Morgan fingerprint density at radius 1 is 1.16 bits per heavy atom. The predicted molar refractivity (Wildman–Crippen MR) is 76.3 cm³/mol. The summed E-state index contributed by atoms with van der Waals surface area (Å²) in [7, 11) is 0. The van der Waals surface area contributed by atoms with E-state index in [1.165, 1.54) is 0 Å². The summed E-state index contributed by atoms with van der Waals surface area (Å²) in [6.45, 7) is 2.87. The Balaban J connectivity index is 2.09. The van der Waals surface area contributed by atoms with Crippen molar-refractivity contribution in [2.24, 2.45) is 0 Å². The number of imidazole rings is 1. The molecule has 2 N–H and O–H groups in total. The quantitative estimate of drug-likeness (QED) is 0.727. The molecule has 0 aliphatic heterocycles. The van der Waals surface area contributed by atoms with Crippen molar-refractivity contribution in [3.63, 3.8) is 0 Å². The summed E-state index contributed by atoms with van der Waals surface area (Å²) in [5.41, 5.74) is 6.73. The van der Waals surface area contributed by atoms with Crippen molar-refractivity contribution in [1.29, 1.82) is 0 Å². The fraction of sp³-hybridized carbons (Fsp3) is 0.133. The van der Waals surface area contributed by atoms with Gasteiger partial charge < -0.3 is 15.0 Å². The second-order valence-electron chi connectivity index (χ2n) is 4.30. The van der Waals surface area contributed by atoms with E-state index < -0.39 is 0 Å². The zero-order chi connectivity index (χ0) is 13.2. The monoisotopic (exact) mass is 253 g/mol. The van der Waals surface area contributed by atoms with Gasteiger partial charge in [-0.25, -0.2) is 4.98 Å². The zero-order valence-corrected chi connectivity index (χ0v) is 10.7. The van der Waals surface area contributed by atoms with Crippen LogP contribution in [0.4, 0.5) is 5.69 Å². The highest BCUT2D eigenvalue weighted by atomic mass is 16.5. The molecule has 0 spiro atoms. The summed E-state index contributed by atoms with van der Waals surface area (Å²) >= 11 is 0. The Morgan fingerprint density at radius 2 is 1.95 bits per heavy atom. The van der Waals surface area contributed by atoms with Gasteiger partial charge in [-0.2, -0.15) is 0 Å². The van der Waals surface area contributed by atoms with E-state index in [1.807, 2.05) is 47.2 Å². The van der Waals surface area contributed by atoms with Crippen LogP contribution in [0.2, 0.25) is 0 Å². The van der Waals surface area contributed by atoms with Crippen LogP contribution >= 0.6 is 0 Å². The number of fused-ring (bicyclic) bond motifs is 1. The van der Waals surface area contributed by atoms with Gasteiger partial charge in [-0.3, -0.25) is 0 Å². The Morgan fingerprint density at radius 3 is 2.74 bits per heavy atom. The summed E-state index contributed by atoms with van der Waals surface area (Å²) in [5, 5.41) is 1.99. The van der Waals surface area contributed by atoms with Gasteiger partial charge >= 0.3 is 6.01 Å². The molecule has 0 saturated heterocycles. The van der Waals surface area contributed by atoms with E-state index in [1.54, 1.807) is 6.20 Å². The number of nitrogens with zero attached hydrogens (tertiary/aromatic N) is 2. The van der Waals surface area contributed by atoms with Gasteiger partial charge in [-0.15, -0.1) is 0 Å². The van der Waals surface area contributed by atoms with Gasteiger partial charge in [-0.1, -0.05) is 24.3 Å². The maximum absolute atomic E-state index is 5.98. The minimum atomic E-state index is 0.595. The molecule has 3 aromatic rings. The third kappa shape index (κ3) is 2.01. The minimum absolute atomic E-state index is 0.595. The van der Waals surface area contributed by atoms with Crippen molar-refractivity contribution in [3.8, 4) is 11.8 Å². The van der Waals surface area contributed by atoms with Gasteiger partial charge in [0.15, 0.2) is 0 Å². The molecule has 0 atom stereocenters. The molecule has 19 heavy (non-hydrogen) atoms. The Bertz CT molecular complexity index is 718. The maximum Gasteiger partial charge on any atom is 0.301 e. The molecule has 4 nitrogen and oxygen atoms in total. The van der Waals surface area contributed by atoms with Crippen molar-refractivity contribution < 1.29 is 4.74 Å². The van der Waals surface area contributed by atoms with Gasteiger partial charge in [0.1, 0.15) is 5.75 Å². The SMILES string of the molecule is CCn1ccnc1Oc1ccc(N)c2ccccc12. The van der Waals surface area contributed by atoms with E-state index in [0.29, 0.717) is 6.01 Å². The van der Waals surface area contributed by atoms with Gasteiger partial charge in [0, 0.05) is 35.4 Å². The Kier molecular flexibility index (Phi) is 2.83. The Labute approximate surface area is 111 Å². The van der Waals surface area contributed by atoms with Crippen LogP contribution in [0.1, 0.15) is 6.92 Å². The molecule has 0 fully saturated rings. The number of nitrogen functional groups attached to an aromatic ring is 1. The van der Waals surface area contributed by atoms with Gasteiger partial charge in [0.25, 0.3) is 0 Å². The van der Waals surface area contributed by atoms with E-state index in [9.17, 15) is 0 Å². The molecule has 1 aromatic heterocycles. The van der Waals surface area contributed by atoms with Crippen LogP contribution in [-0.2, 0) is 6.54 Å². The van der Waals surface area contributed by atoms with E-state index in [4.69, 9.17) is 10.5 Å². The lowest BCUT2D eigenvalue weighted by Gasteiger charge is -2.10. The summed E-state index contributed by atoms with van der Waals surface area (Å²) < 4.78 is 7.85. The Hall–Kier alpha value is -2.49. The molecular weight excluding hydrogens is 238 g/mol. The van der Waals surface area contributed by atoms with Crippen LogP contribution in [-0.4, -0.2) is 9.55 Å². The minimum Gasteiger partial charge on any atom is -0.425 e. The molecule has 0 unspecified atom stereocenters. The fourth-order valence-electron chi connectivity index (χ4n) is 2.12. The number of nitrogens with two attached hydrogens (primary N) is 1. The molecule has 0 aliphatic rings. The molecule has 0 saturated carbocycles. The van der Waals surface area contributed by atoms with Gasteiger partial charge in [-0.05, 0) is 19.1 Å². The molecule has 1 heterocycles. The van der Waals surface area contributed by atoms with Gasteiger partial charge in [0.2, 0.25) is 0 Å². The molecule has 0 amide bonds. The third-order valence-corrected chi connectivity index (χ3v) is 3.14. The van der Waals surface area contributed by atoms with Crippen molar-refractivity contribution in [2.75, 3.05) is 5.73 Å². The average Bonchev–Trinajstić information content (AvgIpc) is 2.89. The summed E-state index contributed by atoms with van der Waals surface area (Å²) in [5.74, 6) is 0.769. The first-order valence-corrected chi connectivity index (χ1v) is 6.26. The zero-order valence-electron chi connectivity index (χ0n) is 10.7. The lowest BCUT2D eigenvalue weighted by Crippen LogP contribution is -1.98. The highest BCUT2D eigenvalue weighted by molar-refractivity contribution is 5.97. The number of aryl methyl sites for hydroxylation is 1. The highest BCUT2D eigenvalue weighted by Crippen LogP contribution is 2.32. The fourth-order valence-corrected chi connectivity index (χ4v) is 2.12. The van der Waals surface area contributed by atoms with E-state index in [-0.39, 0.29) is 0 Å². The van der Waals surface area contributed by atoms with Crippen LogP contribution < -0.4 is 10.5 Å². The number of rotatable bonds is 3. The lowest BCUT2D eigenvalue weighted by atomic mass is 10.1. The molecule has 0 bridgehead atoms. The second-order valence-corrected chi connectivity index (χ2v) is 4.30. The molecule has 4 heteroatoms. The number of benzene rings is 2. The number of hydrogen-bond donors (Lipinski definition) is 1. The van der Waals surface area contributed by atoms with Crippen molar-refractivity contribution in [3.05, 3.63) is 48.8 Å². The lowest BCUT2D eigenvalue weighted by molar-refractivity contribution is 0.419. The number of aromatic nitrogens is 2. The number of hydrogen-bond acceptors (Lipinski definition) is 3. The van der Waals surface area contributed by atoms with E-state index in [0.717, 1.165) is 28.8 Å². The maximum atomic E-state index is 5.98. The van der Waals surface area contributed by atoms with Crippen LogP contribution in [0, 0.1) is 0 Å². The van der Waals surface area contributed by atoms with E-state index >= 15 is 0 Å². The molecule has 0 aliphatic carbocycles. The van der Waals surface area contributed by atoms with Crippen LogP contribution in [0.3, 0.4) is 0 Å². The summed E-state index contributed by atoms with van der Waals surface area (Å²) in [4.78, 5) is 4.22. The molecule has 3 rings (SSSR count). The molecular formula is C15H15N3O. The first kappa shape index (κ1) is 11.6. The normalized spacial score (nSPS) is 10.8. The van der Waals surface area contributed by atoms with E-state index in [2.05, 4.69) is 11.9 Å². The summed E-state index contributed by atoms with van der Waals surface area (Å²) in [6, 6.07) is 12.3. The topological polar surface area (TPSA) is 53.1 Å². The average molecular weight is 253 g/mol. The molecule has 0 radical (unpaired) electrons.